The molecule has 0 aliphatic rings. The molecule has 1 aromatic carbocycles. The molecule has 0 bridgehead atoms. The molecule has 0 spiro atoms. The van der Waals surface area contributed by atoms with Crippen molar-refractivity contribution in [3.63, 3.8) is 0 Å². The normalized spacial score (nSPS) is 9.58. The Hall–Kier alpha value is -0.360. The molecular formula is C7H3ClFIO2. The first-order valence-corrected chi connectivity index (χ1v) is 4.37. The summed E-state index contributed by atoms with van der Waals surface area (Å²) in [6.07, 6.45) is 0. The van der Waals surface area contributed by atoms with E-state index in [4.69, 9.17) is 11.6 Å². The summed E-state index contributed by atoms with van der Waals surface area (Å²) in [5.41, 5.74) is -0.976. The van der Waals surface area contributed by atoms with Crippen LogP contribution in [0.3, 0.4) is 0 Å². The molecular weight excluding hydrogens is 297 g/mol. The van der Waals surface area contributed by atoms with Crippen molar-refractivity contribution < 1.29 is 13.9 Å². The third-order valence-corrected chi connectivity index (χ3v) is 1.73. The first-order chi connectivity index (χ1) is 5.58. The average Bonchev–Trinajstić information content (AvgIpc) is 1.81. The largest absolute Gasteiger partial charge is 0.414 e. The van der Waals surface area contributed by atoms with Gasteiger partial charge in [-0.05, 0) is 34.7 Å². The van der Waals surface area contributed by atoms with E-state index in [0.29, 0.717) is 3.57 Å². The van der Waals surface area contributed by atoms with Crippen LogP contribution in [0.4, 0.5) is 9.18 Å². The molecule has 0 radical (unpaired) electrons. The summed E-state index contributed by atoms with van der Waals surface area (Å²) in [6, 6.07) is 3.90. The molecule has 0 fully saturated rings. The molecule has 0 aliphatic heterocycles. The molecule has 1 aromatic rings. The first kappa shape index (κ1) is 9.73. The predicted octanol–water partition coefficient (Wildman–Crippen LogP) is 3.17. The molecule has 2 nitrogen and oxygen atoms in total. The molecule has 0 N–H and O–H groups in total. The number of hydrogen-bond donors (Lipinski definition) is 0. The van der Waals surface area contributed by atoms with E-state index in [9.17, 15) is 9.18 Å². The second-order valence-corrected chi connectivity index (χ2v) is 3.50. The summed E-state index contributed by atoms with van der Waals surface area (Å²) in [5.74, 6) is -0.353. The van der Waals surface area contributed by atoms with Crippen molar-refractivity contribution in [2.24, 2.45) is 0 Å². The Kier molecular flexibility index (Phi) is 3.28. The van der Waals surface area contributed by atoms with E-state index < -0.39 is 11.2 Å². The molecule has 0 heterocycles. The third-order valence-electron chi connectivity index (χ3n) is 1.03. The summed E-state index contributed by atoms with van der Waals surface area (Å²) < 4.78 is 17.7. The molecule has 0 aromatic heterocycles. The average molecular weight is 300 g/mol. The van der Waals surface area contributed by atoms with Crippen molar-refractivity contribution in [1.82, 2.24) is 0 Å². The van der Waals surface area contributed by atoms with Crippen molar-refractivity contribution >= 4 is 39.6 Å². The van der Waals surface area contributed by atoms with Crippen LogP contribution in [0.15, 0.2) is 18.2 Å². The van der Waals surface area contributed by atoms with Gasteiger partial charge in [0.2, 0.25) is 0 Å². The minimum absolute atomic E-state index is 0.111. The smallest absolute Gasteiger partial charge is 0.409 e. The number of benzene rings is 1. The van der Waals surface area contributed by atoms with Crippen molar-refractivity contribution in [3.05, 3.63) is 27.6 Å². The van der Waals surface area contributed by atoms with Crippen LogP contribution in [-0.4, -0.2) is 5.43 Å². The predicted molar refractivity (Wildman–Crippen MR) is 51.0 cm³/mol. The summed E-state index contributed by atoms with van der Waals surface area (Å²) >= 11 is 6.83. The van der Waals surface area contributed by atoms with Gasteiger partial charge in [-0.1, -0.05) is 0 Å². The second kappa shape index (κ2) is 4.04. The van der Waals surface area contributed by atoms with E-state index in [1.165, 1.54) is 12.1 Å². The molecule has 0 saturated carbocycles. The fraction of sp³-hybridized carbons (Fsp3) is 0. The van der Waals surface area contributed by atoms with Gasteiger partial charge in [-0.25, -0.2) is 9.18 Å². The van der Waals surface area contributed by atoms with Crippen LogP contribution in [0.2, 0.25) is 0 Å². The highest BCUT2D eigenvalue weighted by Gasteiger charge is 2.02. The van der Waals surface area contributed by atoms with Crippen molar-refractivity contribution in [1.29, 1.82) is 0 Å². The maximum Gasteiger partial charge on any atom is 0.409 e. The van der Waals surface area contributed by atoms with Crippen LogP contribution in [0, 0.1) is 9.39 Å². The highest BCUT2D eigenvalue weighted by atomic mass is 127. The lowest BCUT2D eigenvalue weighted by atomic mass is 10.3. The molecule has 12 heavy (non-hydrogen) atoms. The van der Waals surface area contributed by atoms with Crippen LogP contribution in [-0.2, 0) is 0 Å². The maximum atomic E-state index is 12.6. The Bertz CT molecular complexity index is 296. The van der Waals surface area contributed by atoms with Gasteiger partial charge in [-0.3, -0.25) is 0 Å². The third kappa shape index (κ3) is 2.94. The zero-order valence-corrected chi connectivity index (χ0v) is 8.60. The molecule has 0 saturated heterocycles. The van der Waals surface area contributed by atoms with E-state index in [0.717, 1.165) is 6.07 Å². The number of carbonyl (C=O) groups excluding carboxylic acids is 1. The minimum Gasteiger partial charge on any atom is -0.414 e. The standard InChI is InChI=1S/C7H3ClFIO2/c8-7(11)12-6-2-4(9)1-5(10)3-6/h1-3H. The summed E-state index contributed by atoms with van der Waals surface area (Å²) in [5, 5.41) is 0. The Morgan fingerprint density at radius 3 is 2.67 bits per heavy atom. The highest BCUT2D eigenvalue weighted by molar-refractivity contribution is 14.1. The van der Waals surface area contributed by atoms with E-state index >= 15 is 0 Å². The lowest BCUT2D eigenvalue weighted by Gasteiger charge is -1.99. The molecule has 0 amide bonds. The fourth-order valence-electron chi connectivity index (χ4n) is 0.680. The minimum atomic E-state index is -0.976. The van der Waals surface area contributed by atoms with Gasteiger partial charge in [-0.2, -0.15) is 0 Å². The lowest BCUT2D eigenvalue weighted by molar-refractivity contribution is 0.225. The van der Waals surface area contributed by atoms with Crippen molar-refractivity contribution in [2.75, 3.05) is 0 Å². The van der Waals surface area contributed by atoms with Crippen molar-refractivity contribution in [2.45, 2.75) is 0 Å². The quantitative estimate of drug-likeness (QED) is 0.588. The summed E-state index contributed by atoms with van der Waals surface area (Å²) in [4.78, 5) is 10.3. The Balaban J connectivity index is 2.93. The zero-order chi connectivity index (χ0) is 9.14. The van der Waals surface area contributed by atoms with Crippen LogP contribution in [0.5, 0.6) is 5.75 Å². The van der Waals surface area contributed by atoms with Gasteiger partial charge in [-0.15, -0.1) is 0 Å². The fourth-order valence-corrected chi connectivity index (χ4v) is 1.37. The first-order valence-electron chi connectivity index (χ1n) is 2.91. The topological polar surface area (TPSA) is 26.3 Å². The number of ether oxygens (including phenoxy) is 1. The SMILES string of the molecule is O=C(Cl)Oc1cc(F)cc(I)c1. The number of rotatable bonds is 1. The second-order valence-electron chi connectivity index (χ2n) is 1.94. The molecule has 64 valence electrons. The number of halogens is 3. The van der Waals surface area contributed by atoms with Crippen LogP contribution < -0.4 is 4.74 Å². The van der Waals surface area contributed by atoms with E-state index in [-0.39, 0.29) is 5.75 Å². The zero-order valence-electron chi connectivity index (χ0n) is 5.68. The number of carbonyl (C=O) groups is 1. The number of hydrogen-bond acceptors (Lipinski definition) is 2. The summed E-state index contributed by atoms with van der Waals surface area (Å²) in [6.45, 7) is 0. The van der Waals surface area contributed by atoms with Crippen molar-refractivity contribution in [3.8, 4) is 5.75 Å². The van der Waals surface area contributed by atoms with Crippen LogP contribution >= 0.6 is 34.2 Å². The van der Waals surface area contributed by atoms with Crippen LogP contribution in [0.25, 0.3) is 0 Å². The van der Waals surface area contributed by atoms with E-state index in [1.54, 1.807) is 0 Å². The maximum absolute atomic E-state index is 12.6. The molecule has 5 heteroatoms. The van der Waals surface area contributed by atoms with Gasteiger partial charge in [0.25, 0.3) is 0 Å². The van der Waals surface area contributed by atoms with E-state index in [1.807, 2.05) is 22.6 Å². The Morgan fingerprint density at radius 1 is 1.50 bits per heavy atom. The molecule has 0 atom stereocenters. The van der Waals surface area contributed by atoms with Gasteiger partial charge in [0, 0.05) is 21.2 Å². The van der Waals surface area contributed by atoms with Gasteiger partial charge in [0.05, 0.1) is 0 Å². The highest BCUT2D eigenvalue weighted by Crippen LogP contribution is 2.18. The molecule has 1 rings (SSSR count). The van der Waals surface area contributed by atoms with Gasteiger partial charge < -0.3 is 4.74 Å². The van der Waals surface area contributed by atoms with E-state index in [2.05, 4.69) is 4.74 Å². The molecule has 0 aliphatic carbocycles. The van der Waals surface area contributed by atoms with Gasteiger partial charge in [0.1, 0.15) is 11.6 Å². The Morgan fingerprint density at radius 2 is 2.17 bits per heavy atom. The molecule has 0 unspecified atom stereocenters. The lowest BCUT2D eigenvalue weighted by Crippen LogP contribution is -1.96. The van der Waals surface area contributed by atoms with Crippen LogP contribution in [0.1, 0.15) is 0 Å². The van der Waals surface area contributed by atoms with Gasteiger partial charge in [0.15, 0.2) is 0 Å². The monoisotopic (exact) mass is 300 g/mol. The summed E-state index contributed by atoms with van der Waals surface area (Å²) in [7, 11) is 0. The Labute approximate surface area is 86.8 Å². The van der Waals surface area contributed by atoms with Gasteiger partial charge >= 0.3 is 5.43 Å².